The molecule has 128 valence electrons. The summed E-state index contributed by atoms with van der Waals surface area (Å²) < 4.78 is 28.9. The van der Waals surface area contributed by atoms with Crippen LogP contribution in [0.25, 0.3) is 0 Å². The van der Waals surface area contributed by atoms with Gasteiger partial charge < -0.3 is 4.90 Å². The Bertz CT molecular complexity index is 615. The Balaban J connectivity index is 1.83. The summed E-state index contributed by atoms with van der Waals surface area (Å²) in [6, 6.07) is 7.08. The number of thioether (sulfide) groups is 1. The highest BCUT2D eigenvalue weighted by molar-refractivity contribution is 9.10. The van der Waals surface area contributed by atoms with E-state index < -0.39 is 10.0 Å². The SMILES string of the molecule is O=S(=O)(c1ccc(Br)cc1)N1CCCSCC1CN1CCCC1. The molecule has 0 saturated carbocycles. The topological polar surface area (TPSA) is 40.6 Å². The van der Waals surface area contributed by atoms with Crippen LogP contribution in [0.5, 0.6) is 0 Å². The van der Waals surface area contributed by atoms with Crippen molar-refractivity contribution in [1.29, 1.82) is 0 Å². The van der Waals surface area contributed by atoms with Gasteiger partial charge in [0, 0.05) is 29.4 Å². The molecule has 0 radical (unpaired) electrons. The molecule has 2 saturated heterocycles. The molecule has 7 heteroatoms. The first-order valence-corrected chi connectivity index (χ1v) is 11.5. The quantitative estimate of drug-likeness (QED) is 0.753. The van der Waals surface area contributed by atoms with Gasteiger partial charge >= 0.3 is 0 Å². The van der Waals surface area contributed by atoms with Crippen molar-refractivity contribution in [1.82, 2.24) is 9.21 Å². The van der Waals surface area contributed by atoms with Crippen molar-refractivity contribution >= 4 is 37.7 Å². The number of sulfonamides is 1. The summed E-state index contributed by atoms with van der Waals surface area (Å²) >= 11 is 5.26. The molecule has 0 aliphatic carbocycles. The smallest absolute Gasteiger partial charge is 0.243 e. The lowest BCUT2D eigenvalue weighted by atomic mass is 10.3. The molecule has 2 aliphatic heterocycles. The van der Waals surface area contributed by atoms with Gasteiger partial charge in [-0.15, -0.1) is 0 Å². The zero-order chi connectivity index (χ0) is 16.3. The molecule has 1 unspecified atom stereocenters. The van der Waals surface area contributed by atoms with Crippen LogP contribution in [0, 0.1) is 0 Å². The van der Waals surface area contributed by atoms with Gasteiger partial charge in [-0.25, -0.2) is 8.42 Å². The van der Waals surface area contributed by atoms with Crippen molar-refractivity contribution < 1.29 is 8.42 Å². The molecule has 0 aromatic heterocycles. The van der Waals surface area contributed by atoms with Crippen molar-refractivity contribution in [3.8, 4) is 0 Å². The lowest BCUT2D eigenvalue weighted by Crippen LogP contribution is -2.47. The summed E-state index contributed by atoms with van der Waals surface area (Å²) in [4.78, 5) is 2.82. The second-order valence-electron chi connectivity index (χ2n) is 6.16. The van der Waals surface area contributed by atoms with Crippen molar-refractivity contribution in [2.75, 3.05) is 37.7 Å². The summed E-state index contributed by atoms with van der Waals surface area (Å²) in [5.74, 6) is 1.94. The molecule has 1 aromatic carbocycles. The van der Waals surface area contributed by atoms with E-state index >= 15 is 0 Å². The van der Waals surface area contributed by atoms with Gasteiger partial charge in [0.25, 0.3) is 0 Å². The molecule has 23 heavy (non-hydrogen) atoms. The average molecular weight is 419 g/mol. The molecule has 2 fully saturated rings. The molecule has 4 nitrogen and oxygen atoms in total. The third-order valence-corrected chi connectivity index (χ3v) is 8.17. The van der Waals surface area contributed by atoms with Crippen LogP contribution in [0.15, 0.2) is 33.6 Å². The third kappa shape index (κ3) is 4.31. The minimum atomic E-state index is -3.42. The Labute approximate surface area is 151 Å². The Morgan fingerprint density at radius 1 is 1.09 bits per heavy atom. The van der Waals surface area contributed by atoms with Crippen LogP contribution in [0.1, 0.15) is 19.3 Å². The van der Waals surface area contributed by atoms with E-state index in [-0.39, 0.29) is 6.04 Å². The fraction of sp³-hybridized carbons (Fsp3) is 0.625. The highest BCUT2D eigenvalue weighted by Gasteiger charge is 2.34. The van der Waals surface area contributed by atoms with Gasteiger partial charge in [0.2, 0.25) is 10.0 Å². The molecule has 0 N–H and O–H groups in total. The second-order valence-corrected chi connectivity index (χ2v) is 10.1. The summed E-state index contributed by atoms with van der Waals surface area (Å²) in [5, 5.41) is 0. The number of halogens is 1. The first-order chi connectivity index (χ1) is 11.1. The van der Waals surface area contributed by atoms with Gasteiger partial charge in [0.15, 0.2) is 0 Å². The summed E-state index contributed by atoms with van der Waals surface area (Å²) in [7, 11) is -3.42. The first-order valence-electron chi connectivity index (χ1n) is 8.15. The van der Waals surface area contributed by atoms with Gasteiger partial charge in [-0.05, 0) is 62.4 Å². The maximum absolute atomic E-state index is 13.1. The van der Waals surface area contributed by atoms with Crippen LogP contribution in [-0.4, -0.2) is 61.3 Å². The summed E-state index contributed by atoms with van der Waals surface area (Å²) in [5.41, 5.74) is 0. The third-order valence-electron chi connectivity index (χ3n) is 4.47. The maximum Gasteiger partial charge on any atom is 0.243 e. The van der Waals surface area contributed by atoms with Crippen molar-refractivity contribution in [2.45, 2.75) is 30.2 Å². The van der Waals surface area contributed by atoms with Crippen LogP contribution < -0.4 is 0 Å². The van der Waals surface area contributed by atoms with E-state index in [1.54, 1.807) is 28.6 Å². The highest BCUT2D eigenvalue weighted by Crippen LogP contribution is 2.26. The lowest BCUT2D eigenvalue weighted by molar-refractivity contribution is 0.243. The normalized spacial score (nSPS) is 24.7. The van der Waals surface area contributed by atoms with Crippen LogP contribution >= 0.6 is 27.7 Å². The number of rotatable bonds is 4. The highest BCUT2D eigenvalue weighted by atomic mass is 79.9. The standard InChI is InChI=1S/C16H23BrN2O2S2/c17-14-4-6-16(7-5-14)23(20,21)19-10-3-11-22-13-15(19)12-18-8-1-2-9-18/h4-7,15H,1-3,8-13H2. The van der Waals surface area contributed by atoms with Crippen molar-refractivity contribution in [3.05, 3.63) is 28.7 Å². The molecule has 3 rings (SSSR count). The zero-order valence-electron chi connectivity index (χ0n) is 13.2. The van der Waals surface area contributed by atoms with E-state index in [1.807, 2.05) is 11.8 Å². The maximum atomic E-state index is 13.1. The monoisotopic (exact) mass is 418 g/mol. The Morgan fingerprint density at radius 2 is 1.78 bits per heavy atom. The van der Waals surface area contributed by atoms with Gasteiger partial charge in [-0.2, -0.15) is 16.1 Å². The van der Waals surface area contributed by atoms with E-state index in [1.165, 1.54) is 12.8 Å². The lowest BCUT2D eigenvalue weighted by Gasteiger charge is -2.31. The van der Waals surface area contributed by atoms with Gasteiger partial charge in [-0.3, -0.25) is 0 Å². The Kier molecular flexibility index (Phi) is 6.07. The van der Waals surface area contributed by atoms with Crippen LogP contribution in [0.4, 0.5) is 0 Å². The van der Waals surface area contributed by atoms with E-state index in [0.29, 0.717) is 11.4 Å². The molecule has 1 atom stereocenters. The number of benzene rings is 1. The molecule has 0 amide bonds. The predicted octanol–water partition coefficient (Wildman–Crippen LogP) is 3.04. The Morgan fingerprint density at radius 3 is 2.48 bits per heavy atom. The average Bonchev–Trinajstić information content (AvgIpc) is 2.92. The number of hydrogen-bond acceptors (Lipinski definition) is 4. The fourth-order valence-electron chi connectivity index (χ4n) is 3.27. The molecule has 0 spiro atoms. The molecule has 2 aliphatic rings. The number of hydrogen-bond donors (Lipinski definition) is 0. The van der Waals surface area contributed by atoms with Gasteiger partial charge in [0.05, 0.1) is 4.90 Å². The molecule has 0 bridgehead atoms. The summed E-state index contributed by atoms with van der Waals surface area (Å²) in [6.07, 6.45) is 3.40. The van der Waals surface area contributed by atoms with E-state index in [4.69, 9.17) is 0 Å². The van der Waals surface area contributed by atoms with Gasteiger partial charge in [-0.1, -0.05) is 15.9 Å². The van der Waals surface area contributed by atoms with Gasteiger partial charge in [0.1, 0.15) is 0 Å². The largest absolute Gasteiger partial charge is 0.302 e. The molecular weight excluding hydrogens is 396 g/mol. The predicted molar refractivity (Wildman–Crippen MR) is 99.4 cm³/mol. The fourth-order valence-corrected chi connectivity index (χ4v) is 6.34. The van der Waals surface area contributed by atoms with E-state index in [2.05, 4.69) is 20.8 Å². The van der Waals surface area contributed by atoms with Crippen LogP contribution in [0.2, 0.25) is 0 Å². The molecule has 2 heterocycles. The zero-order valence-corrected chi connectivity index (χ0v) is 16.4. The summed E-state index contributed by atoms with van der Waals surface area (Å²) in [6.45, 7) is 3.70. The van der Waals surface area contributed by atoms with Crippen LogP contribution in [0.3, 0.4) is 0 Å². The number of likely N-dealkylation sites (tertiary alicyclic amines) is 1. The molecular formula is C16H23BrN2O2S2. The minimum Gasteiger partial charge on any atom is -0.302 e. The van der Waals surface area contributed by atoms with Crippen LogP contribution in [-0.2, 0) is 10.0 Å². The first kappa shape index (κ1) is 17.7. The Hall–Kier alpha value is -0.0800. The van der Waals surface area contributed by atoms with E-state index in [0.717, 1.165) is 42.0 Å². The second kappa shape index (κ2) is 7.87. The van der Waals surface area contributed by atoms with Crippen molar-refractivity contribution in [2.24, 2.45) is 0 Å². The van der Waals surface area contributed by atoms with Crippen molar-refractivity contribution in [3.63, 3.8) is 0 Å². The van der Waals surface area contributed by atoms with E-state index in [9.17, 15) is 8.42 Å². The minimum absolute atomic E-state index is 0.0780. The number of nitrogens with zero attached hydrogens (tertiary/aromatic N) is 2. The molecule has 1 aromatic rings.